The van der Waals surface area contributed by atoms with Gasteiger partial charge in [-0.25, -0.2) is 0 Å². The minimum absolute atomic E-state index is 0.280. The van der Waals surface area contributed by atoms with Crippen LogP contribution in [0.4, 0.5) is 0 Å². The van der Waals surface area contributed by atoms with Gasteiger partial charge in [0.1, 0.15) is 11.3 Å². The van der Waals surface area contributed by atoms with Gasteiger partial charge in [0.25, 0.3) is 0 Å². The Morgan fingerprint density at radius 2 is 1.93 bits per heavy atom. The van der Waals surface area contributed by atoms with Crippen LogP contribution in [0.2, 0.25) is 0 Å². The zero-order valence-corrected chi connectivity index (χ0v) is 16.7. The normalized spacial score (nSPS) is 29.2. The Morgan fingerprint density at radius 1 is 1.14 bits per heavy atom. The molecule has 0 aliphatic carbocycles. The van der Waals surface area contributed by atoms with Gasteiger partial charge in [-0.15, -0.1) is 0 Å². The van der Waals surface area contributed by atoms with Crippen molar-refractivity contribution in [3.63, 3.8) is 0 Å². The van der Waals surface area contributed by atoms with Crippen molar-refractivity contribution in [1.82, 2.24) is 9.80 Å². The van der Waals surface area contributed by atoms with Crippen LogP contribution in [-0.4, -0.2) is 41.4 Å². The predicted molar refractivity (Wildman–Crippen MR) is 109 cm³/mol. The van der Waals surface area contributed by atoms with Crippen molar-refractivity contribution in [1.29, 1.82) is 0 Å². The zero-order valence-electron chi connectivity index (χ0n) is 16.7. The Balaban J connectivity index is 1.42. The van der Waals surface area contributed by atoms with E-state index >= 15 is 0 Å². The van der Waals surface area contributed by atoms with Crippen molar-refractivity contribution in [3.05, 3.63) is 65.2 Å². The number of hydrogen-bond acceptors (Lipinski definition) is 3. The van der Waals surface area contributed by atoms with Gasteiger partial charge in [-0.1, -0.05) is 48.0 Å². The van der Waals surface area contributed by atoms with E-state index in [1.165, 1.54) is 11.1 Å². The lowest BCUT2D eigenvalue weighted by Crippen LogP contribution is -2.49. The molecule has 4 nitrogen and oxygen atoms in total. The van der Waals surface area contributed by atoms with E-state index < -0.39 is 0 Å². The van der Waals surface area contributed by atoms with Crippen molar-refractivity contribution in [2.45, 2.75) is 44.3 Å². The van der Waals surface area contributed by atoms with E-state index in [0.29, 0.717) is 24.4 Å². The van der Waals surface area contributed by atoms with Crippen LogP contribution < -0.4 is 4.74 Å². The van der Waals surface area contributed by atoms with Crippen molar-refractivity contribution in [3.8, 4) is 5.75 Å². The third-order valence-electron chi connectivity index (χ3n) is 7.14. The fourth-order valence-corrected chi connectivity index (χ4v) is 5.86. The Kier molecular flexibility index (Phi) is 4.20. The number of likely N-dealkylation sites (tertiary alicyclic amines) is 1. The number of benzene rings is 2. The van der Waals surface area contributed by atoms with Gasteiger partial charge < -0.3 is 9.64 Å². The Bertz CT molecular complexity index is 894. The molecule has 2 aromatic rings. The first kappa shape index (κ1) is 17.7. The number of carbonyl (C=O) groups is 1. The molecule has 3 aliphatic heterocycles. The first-order valence-corrected chi connectivity index (χ1v) is 10.4. The summed E-state index contributed by atoms with van der Waals surface area (Å²) in [6.45, 7) is 4.66. The van der Waals surface area contributed by atoms with Crippen molar-refractivity contribution in [2.24, 2.45) is 5.92 Å². The molecule has 0 radical (unpaired) electrons. The molecule has 0 N–H and O–H groups in total. The molecule has 28 heavy (non-hydrogen) atoms. The maximum atomic E-state index is 13.7. The topological polar surface area (TPSA) is 32.8 Å². The summed E-state index contributed by atoms with van der Waals surface area (Å²) in [5, 5.41) is 0. The average Bonchev–Trinajstić information content (AvgIpc) is 3.34. The molecule has 1 amide bonds. The predicted octanol–water partition coefficient (Wildman–Crippen LogP) is 3.94. The van der Waals surface area contributed by atoms with E-state index in [-0.39, 0.29) is 5.54 Å². The van der Waals surface area contributed by atoms with E-state index in [4.69, 9.17) is 4.74 Å². The largest absolute Gasteiger partial charge is 0.496 e. The summed E-state index contributed by atoms with van der Waals surface area (Å²) in [7, 11) is 1.70. The molecular formula is C24H28N2O2. The molecule has 3 heterocycles. The molecule has 0 saturated carbocycles. The van der Waals surface area contributed by atoms with Crippen LogP contribution in [0.25, 0.3) is 0 Å². The molecule has 3 aliphatic rings. The highest BCUT2D eigenvalue weighted by atomic mass is 16.5. The van der Waals surface area contributed by atoms with Gasteiger partial charge >= 0.3 is 0 Å². The van der Waals surface area contributed by atoms with Crippen molar-refractivity contribution in [2.75, 3.05) is 20.2 Å². The van der Waals surface area contributed by atoms with Crippen LogP contribution in [-0.2, 0) is 11.3 Å². The van der Waals surface area contributed by atoms with E-state index in [0.717, 1.165) is 43.7 Å². The highest BCUT2D eigenvalue weighted by molar-refractivity contribution is 5.90. The van der Waals surface area contributed by atoms with E-state index in [9.17, 15) is 4.79 Å². The quantitative estimate of drug-likeness (QED) is 0.810. The standard InChI is InChI=1S/C24H28N2O2/c1-17-8-10-18(11-9-17)21-14-20-16-25(15-19-6-3-4-7-22(19)28-2)23(27)24(20)12-5-13-26(21)24/h3-4,6-11,20-21H,5,12-16H2,1-2H3/t20-,21-,24-/m0/s1. The molecule has 2 aromatic carbocycles. The molecule has 3 saturated heterocycles. The number of ether oxygens (including phenoxy) is 1. The second-order valence-electron chi connectivity index (χ2n) is 8.58. The third-order valence-corrected chi connectivity index (χ3v) is 7.14. The summed E-state index contributed by atoms with van der Waals surface area (Å²) in [5.41, 5.74) is 3.47. The summed E-state index contributed by atoms with van der Waals surface area (Å²) in [6.07, 6.45) is 3.20. The fraction of sp³-hybridized carbons (Fsp3) is 0.458. The maximum absolute atomic E-state index is 13.7. The minimum Gasteiger partial charge on any atom is -0.496 e. The SMILES string of the molecule is COc1ccccc1CN1C[C@@H]2C[C@@H](c3ccc(C)cc3)N3CCC[C@@]23C1=O. The number of methoxy groups -OCH3 is 1. The van der Waals surface area contributed by atoms with Crippen LogP contribution in [0, 0.1) is 12.8 Å². The van der Waals surface area contributed by atoms with Gasteiger partial charge in [-0.3, -0.25) is 9.69 Å². The highest BCUT2D eigenvalue weighted by Crippen LogP contribution is 2.56. The molecule has 146 valence electrons. The van der Waals surface area contributed by atoms with Gasteiger partial charge in [-0.2, -0.15) is 0 Å². The summed E-state index contributed by atoms with van der Waals surface area (Å²) >= 11 is 0. The minimum atomic E-state index is -0.280. The van der Waals surface area contributed by atoms with E-state index in [1.54, 1.807) is 7.11 Å². The number of amides is 1. The smallest absolute Gasteiger partial charge is 0.243 e. The van der Waals surface area contributed by atoms with Gasteiger partial charge in [-0.05, 0) is 44.4 Å². The van der Waals surface area contributed by atoms with Gasteiger partial charge in [0.2, 0.25) is 5.91 Å². The number of aryl methyl sites for hydroxylation is 1. The first-order valence-electron chi connectivity index (χ1n) is 10.4. The summed E-state index contributed by atoms with van der Waals surface area (Å²) < 4.78 is 5.51. The molecule has 0 bridgehead atoms. The molecule has 3 atom stereocenters. The summed E-state index contributed by atoms with van der Waals surface area (Å²) in [6, 6.07) is 17.3. The monoisotopic (exact) mass is 376 g/mol. The zero-order chi connectivity index (χ0) is 19.3. The van der Waals surface area contributed by atoms with Gasteiger partial charge in [0.15, 0.2) is 0 Å². The lowest BCUT2D eigenvalue weighted by molar-refractivity contribution is -0.137. The molecule has 0 unspecified atom stereocenters. The van der Waals surface area contributed by atoms with Crippen LogP contribution in [0.15, 0.2) is 48.5 Å². The maximum Gasteiger partial charge on any atom is 0.243 e. The Morgan fingerprint density at radius 3 is 2.71 bits per heavy atom. The second-order valence-corrected chi connectivity index (χ2v) is 8.58. The first-order chi connectivity index (χ1) is 13.6. The molecule has 0 aromatic heterocycles. The van der Waals surface area contributed by atoms with Gasteiger partial charge in [0, 0.05) is 30.6 Å². The van der Waals surface area contributed by atoms with Gasteiger partial charge in [0.05, 0.1) is 7.11 Å². The van der Waals surface area contributed by atoms with Crippen LogP contribution in [0.3, 0.4) is 0 Å². The lowest BCUT2D eigenvalue weighted by atomic mass is 9.85. The summed E-state index contributed by atoms with van der Waals surface area (Å²) in [4.78, 5) is 18.3. The Labute approximate surface area is 167 Å². The van der Waals surface area contributed by atoms with Crippen LogP contribution >= 0.6 is 0 Å². The van der Waals surface area contributed by atoms with Crippen LogP contribution in [0.5, 0.6) is 5.75 Å². The number of nitrogens with zero attached hydrogens (tertiary/aromatic N) is 2. The third kappa shape index (κ3) is 2.51. The van der Waals surface area contributed by atoms with Crippen LogP contribution in [0.1, 0.15) is 42.0 Å². The number of hydrogen-bond donors (Lipinski definition) is 0. The molecule has 5 rings (SSSR count). The second kappa shape index (κ2) is 6.63. The Hall–Kier alpha value is -2.33. The van der Waals surface area contributed by atoms with Crippen molar-refractivity contribution >= 4 is 5.91 Å². The molecule has 1 spiro atoms. The van der Waals surface area contributed by atoms with Crippen molar-refractivity contribution < 1.29 is 9.53 Å². The molecular weight excluding hydrogens is 348 g/mol. The summed E-state index contributed by atoms with van der Waals surface area (Å²) in [5.74, 6) is 1.62. The lowest BCUT2D eigenvalue weighted by Gasteiger charge is -2.33. The number of para-hydroxylation sites is 1. The molecule has 3 fully saturated rings. The van der Waals surface area contributed by atoms with E-state index in [2.05, 4.69) is 47.1 Å². The highest BCUT2D eigenvalue weighted by Gasteiger charge is 2.65. The van der Waals surface area contributed by atoms with E-state index in [1.807, 2.05) is 18.2 Å². The number of rotatable bonds is 4. The average molecular weight is 377 g/mol. The number of carbonyl (C=O) groups excluding carboxylic acids is 1. The molecule has 4 heteroatoms. The fourth-order valence-electron chi connectivity index (χ4n) is 5.86.